The fourth-order valence-corrected chi connectivity index (χ4v) is 2.54. The largest absolute Gasteiger partial charge is 0.475 e. The van der Waals surface area contributed by atoms with Crippen molar-refractivity contribution in [3.05, 3.63) is 53.7 Å². The molecule has 3 rings (SSSR count). The van der Waals surface area contributed by atoms with Crippen molar-refractivity contribution >= 4 is 17.4 Å². The van der Waals surface area contributed by atoms with E-state index in [1.54, 1.807) is 12.1 Å². The molecule has 0 aliphatic carbocycles. The van der Waals surface area contributed by atoms with Gasteiger partial charge >= 0.3 is 6.18 Å². The van der Waals surface area contributed by atoms with Crippen molar-refractivity contribution in [2.45, 2.75) is 33.0 Å². The lowest BCUT2D eigenvalue weighted by Crippen LogP contribution is -2.25. The van der Waals surface area contributed by atoms with Gasteiger partial charge in [-0.2, -0.15) is 13.2 Å². The van der Waals surface area contributed by atoms with Gasteiger partial charge in [0, 0.05) is 0 Å². The highest BCUT2D eigenvalue weighted by molar-refractivity contribution is 6.01. The molecule has 1 aromatic carbocycles. The zero-order chi connectivity index (χ0) is 18.9. The Labute approximate surface area is 150 Å². The summed E-state index contributed by atoms with van der Waals surface area (Å²) in [5, 5.41) is 2.94. The first-order chi connectivity index (χ1) is 12.1. The average Bonchev–Trinajstić information content (AvgIpc) is 3.05. The van der Waals surface area contributed by atoms with Crippen molar-refractivity contribution in [3.63, 3.8) is 0 Å². The third kappa shape index (κ3) is 3.98. The molecule has 0 unspecified atom stereocenters. The number of pyridine rings is 1. The number of aromatic nitrogens is 1. The maximum Gasteiger partial charge on any atom is 0.433 e. The zero-order valence-electron chi connectivity index (χ0n) is 14.8. The molecule has 138 valence electrons. The Kier molecular flexibility index (Phi) is 4.64. The van der Waals surface area contributed by atoms with Crippen LogP contribution in [0.3, 0.4) is 0 Å². The zero-order valence-corrected chi connectivity index (χ0v) is 14.8. The fraction of sp³-hybridized carbons (Fsp3) is 0.368. The van der Waals surface area contributed by atoms with Crippen LogP contribution in [0.1, 0.15) is 32.0 Å². The summed E-state index contributed by atoms with van der Waals surface area (Å²) in [4.78, 5) is 8.29. The van der Waals surface area contributed by atoms with Crippen LogP contribution in [0.2, 0.25) is 0 Å². The summed E-state index contributed by atoms with van der Waals surface area (Å²) in [6, 6.07) is 11.0. The van der Waals surface area contributed by atoms with Gasteiger partial charge in [-0.25, -0.2) is 9.98 Å². The van der Waals surface area contributed by atoms with E-state index in [9.17, 15) is 13.2 Å². The highest BCUT2D eigenvalue weighted by atomic mass is 19.4. The maximum absolute atomic E-state index is 12.9. The molecule has 7 heteroatoms. The molecule has 0 amide bonds. The Morgan fingerprint density at radius 1 is 1.04 bits per heavy atom. The van der Waals surface area contributed by atoms with Crippen LogP contribution in [0.25, 0.3) is 0 Å². The van der Waals surface area contributed by atoms with E-state index in [4.69, 9.17) is 4.74 Å². The molecule has 1 aromatic heterocycles. The summed E-state index contributed by atoms with van der Waals surface area (Å²) in [5.74, 6) is 0.596. The number of alkyl halides is 3. The standard InChI is InChI=1S/C19H20F3N3O/c1-18(2,3)15-11-26-17(25-15)12-7-4-5-8-13(12)23-16-10-6-9-14(24-16)19(20,21)22/h4-10,15H,11H2,1-3H3,(H,23,24)/t15-/m1/s1. The number of halogens is 3. The lowest BCUT2D eigenvalue weighted by atomic mass is 9.88. The van der Waals surface area contributed by atoms with Gasteiger partial charge in [0.2, 0.25) is 5.90 Å². The number of nitrogens with zero attached hydrogens (tertiary/aromatic N) is 2. The summed E-state index contributed by atoms with van der Waals surface area (Å²) < 4.78 is 44.3. The molecule has 1 aliphatic heterocycles. The number of aliphatic imine (C=N–C) groups is 1. The first kappa shape index (κ1) is 18.2. The van der Waals surface area contributed by atoms with Gasteiger partial charge in [-0.05, 0) is 29.7 Å². The molecule has 0 bridgehead atoms. The smallest absolute Gasteiger partial charge is 0.433 e. The van der Waals surface area contributed by atoms with E-state index in [1.807, 2.05) is 12.1 Å². The number of benzene rings is 1. The lowest BCUT2D eigenvalue weighted by molar-refractivity contribution is -0.141. The van der Waals surface area contributed by atoms with E-state index < -0.39 is 11.9 Å². The monoisotopic (exact) mass is 363 g/mol. The van der Waals surface area contributed by atoms with Crippen molar-refractivity contribution < 1.29 is 17.9 Å². The Morgan fingerprint density at radius 2 is 1.77 bits per heavy atom. The molecular formula is C19H20F3N3O. The van der Waals surface area contributed by atoms with Crippen molar-refractivity contribution in [2.24, 2.45) is 10.4 Å². The number of para-hydroxylation sites is 1. The molecule has 26 heavy (non-hydrogen) atoms. The van der Waals surface area contributed by atoms with Crippen LogP contribution < -0.4 is 5.32 Å². The average molecular weight is 363 g/mol. The summed E-state index contributed by atoms with van der Waals surface area (Å²) >= 11 is 0. The van der Waals surface area contributed by atoms with Crippen LogP contribution >= 0.6 is 0 Å². The molecule has 0 saturated heterocycles. The fourth-order valence-electron chi connectivity index (χ4n) is 2.54. The normalized spacial score (nSPS) is 17.6. The minimum absolute atomic E-state index is 0.0252. The summed E-state index contributed by atoms with van der Waals surface area (Å²) in [6.07, 6.45) is -4.49. The van der Waals surface area contributed by atoms with Crippen molar-refractivity contribution in [2.75, 3.05) is 11.9 Å². The van der Waals surface area contributed by atoms with Crippen molar-refractivity contribution in [1.82, 2.24) is 4.98 Å². The van der Waals surface area contributed by atoms with Gasteiger partial charge in [0.1, 0.15) is 18.1 Å². The first-order valence-corrected chi connectivity index (χ1v) is 8.26. The molecule has 1 aliphatic rings. The number of anilines is 2. The molecule has 0 saturated carbocycles. The molecule has 0 fully saturated rings. The number of ether oxygens (including phenoxy) is 1. The van der Waals surface area contributed by atoms with Crippen LogP contribution in [-0.4, -0.2) is 23.5 Å². The molecule has 2 aromatic rings. The number of rotatable bonds is 3. The second kappa shape index (κ2) is 6.63. The third-order valence-electron chi connectivity index (χ3n) is 4.11. The van der Waals surface area contributed by atoms with Gasteiger partial charge in [-0.3, -0.25) is 0 Å². The van der Waals surface area contributed by atoms with Gasteiger partial charge in [-0.1, -0.05) is 39.0 Å². The summed E-state index contributed by atoms with van der Waals surface area (Å²) in [7, 11) is 0. The second-order valence-corrected chi connectivity index (χ2v) is 7.20. The van der Waals surface area contributed by atoms with Gasteiger partial charge in [0.15, 0.2) is 0 Å². The highest BCUT2D eigenvalue weighted by Gasteiger charge is 2.33. The van der Waals surface area contributed by atoms with E-state index in [-0.39, 0.29) is 17.3 Å². The molecule has 1 N–H and O–H groups in total. The SMILES string of the molecule is CC(C)(C)[C@H]1COC(c2ccccc2Nc2cccc(C(F)(F)F)n2)=N1. The van der Waals surface area contributed by atoms with E-state index in [0.717, 1.165) is 6.07 Å². The number of hydrogen-bond acceptors (Lipinski definition) is 4. The topological polar surface area (TPSA) is 46.5 Å². The van der Waals surface area contributed by atoms with Crippen LogP contribution in [-0.2, 0) is 10.9 Å². The van der Waals surface area contributed by atoms with Gasteiger partial charge in [-0.15, -0.1) is 0 Å². The molecule has 2 heterocycles. The van der Waals surface area contributed by atoms with Crippen LogP contribution in [0.15, 0.2) is 47.5 Å². The molecule has 4 nitrogen and oxygen atoms in total. The van der Waals surface area contributed by atoms with Gasteiger partial charge in [0.25, 0.3) is 0 Å². The Morgan fingerprint density at radius 3 is 2.42 bits per heavy atom. The highest BCUT2D eigenvalue weighted by Crippen LogP contribution is 2.31. The van der Waals surface area contributed by atoms with Crippen LogP contribution in [0.4, 0.5) is 24.7 Å². The first-order valence-electron chi connectivity index (χ1n) is 8.26. The number of hydrogen-bond donors (Lipinski definition) is 1. The second-order valence-electron chi connectivity index (χ2n) is 7.20. The van der Waals surface area contributed by atoms with Crippen molar-refractivity contribution in [3.8, 4) is 0 Å². The molecule has 1 atom stereocenters. The summed E-state index contributed by atoms with van der Waals surface area (Å²) in [5.41, 5.74) is 0.306. The number of nitrogens with one attached hydrogen (secondary N) is 1. The predicted octanol–water partition coefficient (Wildman–Crippen LogP) is 5.04. The van der Waals surface area contributed by atoms with E-state index >= 15 is 0 Å². The molecule has 0 spiro atoms. The molecule has 0 radical (unpaired) electrons. The van der Waals surface area contributed by atoms with Gasteiger partial charge < -0.3 is 10.1 Å². The Bertz CT molecular complexity index is 825. The predicted molar refractivity (Wildman–Crippen MR) is 94.7 cm³/mol. The minimum atomic E-state index is -4.49. The van der Waals surface area contributed by atoms with Crippen molar-refractivity contribution in [1.29, 1.82) is 0 Å². The van der Waals surface area contributed by atoms with Gasteiger partial charge in [0.05, 0.1) is 17.3 Å². The van der Waals surface area contributed by atoms with Crippen LogP contribution in [0, 0.1) is 5.41 Å². The maximum atomic E-state index is 12.9. The van der Waals surface area contributed by atoms with E-state index in [0.29, 0.717) is 23.8 Å². The molecular weight excluding hydrogens is 343 g/mol. The lowest BCUT2D eigenvalue weighted by Gasteiger charge is -2.21. The quantitative estimate of drug-likeness (QED) is 0.831. The van der Waals surface area contributed by atoms with E-state index in [2.05, 4.69) is 36.1 Å². The van der Waals surface area contributed by atoms with Crippen LogP contribution in [0.5, 0.6) is 0 Å². The summed E-state index contributed by atoms with van der Waals surface area (Å²) in [6.45, 7) is 6.74. The van der Waals surface area contributed by atoms with E-state index in [1.165, 1.54) is 12.1 Å². The minimum Gasteiger partial charge on any atom is -0.475 e. The Hall–Kier alpha value is -2.57. The Balaban J connectivity index is 1.90. The third-order valence-corrected chi connectivity index (χ3v) is 4.11.